The highest BCUT2D eigenvalue weighted by Crippen LogP contribution is 2.27. The number of amides is 1. The molecule has 1 aliphatic rings. The molecule has 0 aliphatic carbocycles. The molecule has 1 aromatic carbocycles. The van der Waals surface area contributed by atoms with Gasteiger partial charge in [-0.1, -0.05) is 17.7 Å². The van der Waals surface area contributed by atoms with Crippen LogP contribution in [-0.2, 0) is 4.79 Å². The van der Waals surface area contributed by atoms with E-state index in [0.29, 0.717) is 23.6 Å². The highest BCUT2D eigenvalue weighted by atomic mass is 35.5. The van der Waals surface area contributed by atoms with Gasteiger partial charge in [0, 0.05) is 23.2 Å². The van der Waals surface area contributed by atoms with E-state index in [0.717, 1.165) is 5.56 Å². The van der Waals surface area contributed by atoms with E-state index >= 15 is 0 Å². The van der Waals surface area contributed by atoms with E-state index in [1.54, 1.807) is 30.0 Å². The maximum Gasteiger partial charge on any atom is 0.308 e. The molecule has 1 amide bonds. The third-order valence-corrected chi connectivity index (χ3v) is 4.16. The second-order valence-electron chi connectivity index (χ2n) is 4.94. The van der Waals surface area contributed by atoms with Gasteiger partial charge < -0.3 is 10.0 Å². The average molecular weight is 282 g/mol. The molecule has 1 saturated heterocycles. The summed E-state index contributed by atoms with van der Waals surface area (Å²) in [5.74, 6) is -1.48. The number of carboxylic acid groups (broad SMARTS) is 1. The normalized spacial score (nSPS) is 22.6. The fourth-order valence-corrected chi connectivity index (χ4v) is 2.63. The molecule has 0 spiro atoms. The summed E-state index contributed by atoms with van der Waals surface area (Å²) in [4.78, 5) is 25.0. The number of halogens is 1. The highest BCUT2D eigenvalue weighted by molar-refractivity contribution is 6.31. The summed E-state index contributed by atoms with van der Waals surface area (Å²) >= 11 is 6.02. The number of hydrogen-bond donors (Lipinski definition) is 1. The Balaban J connectivity index is 2.21. The van der Waals surface area contributed by atoms with Crippen molar-refractivity contribution in [2.45, 2.75) is 26.3 Å². The number of rotatable bonds is 2. The minimum Gasteiger partial charge on any atom is -0.481 e. The van der Waals surface area contributed by atoms with Crippen LogP contribution in [0.1, 0.15) is 29.3 Å². The van der Waals surface area contributed by atoms with Gasteiger partial charge in [-0.3, -0.25) is 9.59 Å². The van der Waals surface area contributed by atoms with E-state index < -0.39 is 11.9 Å². The first-order valence-electron chi connectivity index (χ1n) is 6.21. The first kappa shape index (κ1) is 13.9. The van der Waals surface area contributed by atoms with Crippen molar-refractivity contribution in [2.75, 3.05) is 6.54 Å². The topological polar surface area (TPSA) is 57.6 Å². The number of hydrogen-bond acceptors (Lipinski definition) is 2. The van der Waals surface area contributed by atoms with Crippen molar-refractivity contribution in [2.24, 2.45) is 5.92 Å². The minimum atomic E-state index is -0.843. The monoisotopic (exact) mass is 281 g/mol. The van der Waals surface area contributed by atoms with E-state index in [2.05, 4.69) is 0 Å². The molecular weight excluding hydrogens is 266 g/mol. The molecule has 1 N–H and O–H groups in total. The Labute approximate surface area is 117 Å². The standard InChI is InChI=1S/C14H16ClNO3/c1-8-3-4-10(7-12(8)15)13(17)16-6-5-11(9(16)2)14(18)19/h3-4,7,9,11H,5-6H2,1-2H3,(H,18,19). The third-order valence-electron chi connectivity index (χ3n) is 3.75. The SMILES string of the molecule is Cc1ccc(C(=O)N2CCC(C(=O)O)C2C)cc1Cl. The van der Waals surface area contributed by atoms with Crippen LogP contribution in [0.15, 0.2) is 18.2 Å². The van der Waals surface area contributed by atoms with Gasteiger partial charge >= 0.3 is 5.97 Å². The summed E-state index contributed by atoms with van der Waals surface area (Å²) in [5, 5.41) is 9.62. The van der Waals surface area contributed by atoms with E-state index in [-0.39, 0.29) is 11.9 Å². The first-order valence-corrected chi connectivity index (χ1v) is 6.59. The summed E-state index contributed by atoms with van der Waals surface area (Å²) in [5.41, 5.74) is 1.42. The molecule has 0 bridgehead atoms. The highest BCUT2D eigenvalue weighted by Gasteiger charge is 2.38. The number of likely N-dealkylation sites (tertiary alicyclic amines) is 1. The minimum absolute atomic E-state index is 0.154. The lowest BCUT2D eigenvalue weighted by atomic mass is 10.0. The van der Waals surface area contributed by atoms with Crippen LogP contribution >= 0.6 is 11.6 Å². The molecule has 19 heavy (non-hydrogen) atoms. The molecule has 4 nitrogen and oxygen atoms in total. The summed E-state index contributed by atoms with van der Waals surface area (Å²) in [7, 11) is 0. The third kappa shape index (κ3) is 2.59. The van der Waals surface area contributed by atoms with Crippen LogP contribution in [0.3, 0.4) is 0 Å². The maximum atomic E-state index is 12.4. The molecule has 102 valence electrons. The number of nitrogens with zero attached hydrogens (tertiary/aromatic N) is 1. The number of carbonyl (C=O) groups excluding carboxylic acids is 1. The van der Waals surface area contributed by atoms with Gasteiger partial charge in [-0.2, -0.15) is 0 Å². The lowest BCUT2D eigenvalue weighted by molar-refractivity contribution is -0.142. The fourth-order valence-electron chi connectivity index (χ4n) is 2.45. The zero-order valence-corrected chi connectivity index (χ0v) is 11.6. The van der Waals surface area contributed by atoms with Crippen molar-refractivity contribution < 1.29 is 14.7 Å². The van der Waals surface area contributed by atoms with Gasteiger partial charge in [0.1, 0.15) is 0 Å². The van der Waals surface area contributed by atoms with Gasteiger partial charge in [-0.15, -0.1) is 0 Å². The molecule has 2 rings (SSSR count). The van der Waals surface area contributed by atoms with Crippen LogP contribution in [0, 0.1) is 12.8 Å². The van der Waals surface area contributed by atoms with Crippen molar-refractivity contribution in [3.63, 3.8) is 0 Å². The lowest BCUT2D eigenvalue weighted by Gasteiger charge is -2.23. The molecule has 0 aromatic heterocycles. The maximum absolute atomic E-state index is 12.4. The van der Waals surface area contributed by atoms with Crippen LogP contribution in [0.2, 0.25) is 5.02 Å². The van der Waals surface area contributed by atoms with E-state index in [1.807, 2.05) is 6.92 Å². The quantitative estimate of drug-likeness (QED) is 0.906. The summed E-state index contributed by atoms with van der Waals surface area (Å²) in [6, 6.07) is 4.88. The fraction of sp³-hybridized carbons (Fsp3) is 0.429. The Morgan fingerprint density at radius 3 is 2.63 bits per heavy atom. The molecule has 1 fully saturated rings. The van der Waals surface area contributed by atoms with E-state index in [1.165, 1.54) is 0 Å². The second-order valence-corrected chi connectivity index (χ2v) is 5.34. The second kappa shape index (κ2) is 5.21. The number of benzene rings is 1. The van der Waals surface area contributed by atoms with Gasteiger partial charge in [0.2, 0.25) is 0 Å². The van der Waals surface area contributed by atoms with Gasteiger partial charge in [0.15, 0.2) is 0 Å². The zero-order chi connectivity index (χ0) is 14.2. The number of carbonyl (C=O) groups is 2. The van der Waals surface area contributed by atoms with E-state index in [9.17, 15) is 9.59 Å². The number of aryl methyl sites for hydroxylation is 1. The molecule has 1 heterocycles. The van der Waals surface area contributed by atoms with E-state index in [4.69, 9.17) is 16.7 Å². The zero-order valence-electron chi connectivity index (χ0n) is 10.9. The van der Waals surface area contributed by atoms with Crippen molar-refractivity contribution in [3.05, 3.63) is 34.3 Å². The molecule has 2 atom stereocenters. The van der Waals surface area contributed by atoms with Gasteiger partial charge in [-0.25, -0.2) is 0 Å². The molecule has 0 saturated carbocycles. The van der Waals surface area contributed by atoms with Crippen molar-refractivity contribution in [1.29, 1.82) is 0 Å². The summed E-state index contributed by atoms with van der Waals surface area (Å²) in [6.07, 6.45) is 0.502. The molecule has 1 aromatic rings. The summed E-state index contributed by atoms with van der Waals surface area (Å²) < 4.78 is 0. The van der Waals surface area contributed by atoms with Crippen LogP contribution in [0.25, 0.3) is 0 Å². The van der Waals surface area contributed by atoms with Crippen molar-refractivity contribution in [1.82, 2.24) is 4.90 Å². The predicted octanol–water partition coefficient (Wildman–Crippen LogP) is 2.58. The smallest absolute Gasteiger partial charge is 0.308 e. The number of aliphatic carboxylic acids is 1. The Morgan fingerprint density at radius 1 is 1.42 bits per heavy atom. The Kier molecular flexibility index (Phi) is 3.80. The molecule has 5 heteroatoms. The lowest BCUT2D eigenvalue weighted by Crippen LogP contribution is -2.37. The Morgan fingerprint density at radius 2 is 2.11 bits per heavy atom. The first-order chi connectivity index (χ1) is 8.91. The Bertz CT molecular complexity index is 529. The Hall–Kier alpha value is -1.55. The number of carboxylic acids is 1. The van der Waals surface area contributed by atoms with Crippen molar-refractivity contribution >= 4 is 23.5 Å². The van der Waals surface area contributed by atoms with Crippen LogP contribution in [0.4, 0.5) is 0 Å². The van der Waals surface area contributed by atoms with Gasteiger partial charge in [0.05, 0.1) is 5.92 Å². The van der Waals surface area contributed by atoms with Crippen LogP contribution in [0.5, 0.6) is 0 Å². The van der Waals surface area contributed by atoms with Crippen molar-refractivity contribution in [3.8, 4) is 0 Å². The molecule has 2 unspecified atom stereocenters. The van der Waals surface area contributed by atoms with Gasteiger partial charge in [0.25, 0.3) is 5.91 Å². The van der Waals surface area contributed by atoms with Crippen LogP contribution in [-0.4, -0.2) is 34.5 Å². The molecule has 1 aliphatic heterocycles. The average Bonchev–Trinajstić information content (AvgIpc) is 2.74. The largest absolute Gasteiger partial charge is 0.481 e. The van der Waals surface area contributed by atoms with Gasteiger partial charge in [-0.05, 0) is 38.0 Å². The van der Waals surface area contributed by atoms with Crippen LogP contribution < -0.4 is 0 Å². The molecular formula is C14H16ClNO3. The summed E-state index contributed by atoms with van der Waals surface area (Å²) in [6.45, 7) is 4.12. The molecule has 0 radical (unpaired) electrons. The predicted molar refractivity (Wildman–Crippen MR) is 72.4 cm³/mol.